The van der Waals surface area contributed by atoms with Gasteiger partial charge in [0.25, 0.3) is 0 Å². The third-order valence-electron chi connectivity index (χ3n) is 2.72. The van der Waals surface area contributed by atoms with Crippen molar-refractivity contribution in [2.24, 2.45) is 0 Å². The van der Waals surface area contributed by atoms with E-state index in [0.717, 1.165) is 17.9 Å². The predicted molar refractivity (Wildman–Crippen MR) is 62.0 cm³/mol. The Kier molecular flexibility index (Phi) is 3.66. The minimum atomic E-state index is -0.810. The third kappa shape index (κ3) is 2.86. The van der Waals surface area contributed by atoms with Gasteiger partial charge in [-0.15, -0.1) is 0 Å². The monoisotopic (exact) mass is 242 g/mol. The lowest BCUT2D eigenvalue weighted by Gasteiger charge is -2.18. The van der Waals surface area contributed by atoms with Crippen molar-refractivity contribution in [3.63, 3.8) is 0 Å². The first-order valence-corrected chi connectivity index (χ1v) is 6.86. The third-order valence-corrected chi connectivity index (χ3v) is 4.12. The van der Waals surface area contributed by atoms with Crippen LogP contribution in [-0.2, 0) is 10.8 Å². The maximum atomic E-state index is 12.7. The number of halogens is 1. The second-order valence-corrected chi connectivity index (χ2v) is 5.74. The van der Waals surface area contributed by atoms with E-state index in [1.54, 1.807) is 6.07 Å². The number of nitrogens with one attached hydrogen (secondary N) is 1. The maximum absolute atomic E-state index is 12.7. The zero-order valence-corrected chi connectivity index (χ0v) is 9.97. The van der Waals surface area contributed by atoms with Gasteiger partial charge in [0.1, 0.15) is 5.82 Å². The molecule has 1 N–H and O–H groups in total. The van der Waals surface area contributed by atoms with Crippen LogP contribution in [0.1, 0.15) is 25.1 Å². The van der Waals surface area contributed by atoms with E-state index in [9.17, 15) is 8.60 Å². The van der Waals surface area contributed by atoms with Crippen molar-refractivity contribution >= 4 is 10.8 Å². The van der Waals surface area contributed by atoms with E-state index in [-0.39, 0.29) is 11.9 Å². The van der Waals surface area contributed by atoms with Crippen LogP contribution in [0.2, 0.25) is 0 Å². The van der Waals surface area contributed by atoms with E-state index < -0.39 is 10.8 Å². The Morgan fingerprint density at radius 1 is 1.56 bits per heavy atom. The molecule has 1 aliphatic rings. The molecule has 0 saturated carbocycles. The summed E-state index contributed by atoms with van der Waals surface area (Å²) in [4.78, 5) is 4.04. The van der Waals surface area contributed by atoms with Crippen LogP contribution >= 0.6 is 0 Å². The minimum absolute atomic E-state index is 0.0288. The van der Waals surface area contributed by atoms with E-state index >= 15 is 0 Å². The second-order valence-electron chi connectivity index (χ2n) is 4.12. The average molecular weight is 242 g/mol. The highest BCUT2D eigenvalue weighted by Gasteiger charge is 2.22. The molecule has 0 aromatic carbocycles. The van der Waals surface area contributed by atoms with Crippen molar-refractivity contribution in [1.82, 2.24) is 10.3 Å². The van der Waals surface area contributed by atoms with Crippen LogP contribution in [0.5, 0.6) is 0 Å². The lowest BCUT2D eigenvalue weighted by Crippen LogP contribution is -2.31. The minimum Gasteiger partial charge on any atom is -0.305 e. The molecule has 0 spiro atoms. The highest BCUT2D eigenvalue weighted by Crippen LogP contribution is 2.17. The molecule has 0 radical (unpaired) electrons. The van der Waals surface area contributed by atoms with E-state index in [2.05, 4.69) is 17.2 Å². The highest BCUT2D eigenvalue weighted by molar-refractivity contribution is 7.85. The van der Waals surface area contributed by atoms with E-state index in [1.165, 1.54) is 12.3 Å². The molecule has 1 aromatic rings. The van der Waals surface area contributed by atoms with Crippen molar-refractivity contribution < 1.29 is 8.60 Å². The lowest BCUT2D eigenvalue weighted by molar-refractivity contribution is 0.476. The Morgan fingerprint density at radius 2 is 2.38 bits per heavy atom. The molecule has 5 heteroatoms. The summed E-state index contributed by atoms with van der Waals surface area (Å²) in [5.41, 5.74) is 0.767. The largest absolute Gasteiger partial charge is 0.305 e. The molecular formula is C11H15FN2OS. The van der Waals surface area contributed by atoms with E-state index in [4.69, 9.17) is 0 Å². The van der Waals surface area contributed by atoms with Gasteiger partial charge in [-0.25, -0.2) is 4.39 Å². The Morgan fingerprint density at radius 3 is 3.06 bits per heavy atom. The number of rotatable bonds is 1. The van der Waals surface area contributed by atoms with Crippen molar-refractivity contribution in [2.75, 3.05) is 11.5 Å². The molecule has 2 heterocycles. The van der Waals surface area contributed by atoms with Crippen LogP contribution in [0.4, 0.5) is 4.39 Å². The number of hydrogen-bond donors (Lipinski definition) is 1. The number of nitrogens with zero attached hydrogens (tertiary/aromatic N) is 1. The SMILES string of the molecule is CC1CCS(=O)CC(c2ccc(F)cn2)N1. The van der Waals surface area contributed by atoms with Gasteiger partial charge >= 0.3 is 0 Å². The fourth-order valence-corrected chi connectivity index (χ4v) is 3.24. The summed E-state index contributed by atoms with van der Waals surface area (Å²) in [6.07, 6.45) is 2.11. The molecule has 3 unspecified atom stereocenters. The zero-order valence-electron chi connectivity index (χ0n) is 9.15. The number of pyridine rings is 1. The fraction of sp³-hybridized carbons (Fsp3) is 0.545. The van der Waals surface area contributed by atoms with Crippen LogP contribution in [0, 0.1) is 5.82 Å². The number of aromatic nitrogens is 1. The van der Waals surface area contributed by atoms with Crippen LogP contribution in [0.25, 0.3) is 0 Å². The smallest absolute Gasteiger partial charge is 0.141 e. The molecule has 0 aliphatic carbocycles. The molecule has 88 valence electrons. The van der Waals surface area contributed by atoms with Crippen LogP contribution < -0.4 is 5.32 Å². The molecule has 2 rings (SSSR count). The quantitative estimate of drug-likeness (QED) is 0.809. The standard InChI is InChI=1S/C11H15FN2OS/c1-8-4-5-16(15)7-11(14-8)10-3-2-9(12)6-13-10/h2-3,6,8,11,14H,4-5,7H2,1H3. The van der Waals surface area contributed by atoms with Gasteiger partial charge in [-0.3, -0.25) is 9.19 Å². The summed E-state index contributed by atoms with van der Waals surface area (Å²) in [5, 5.41) is 3.37. The first-order chi connectivity index (χ1) is 7.65. The summed E-state index contributed by atoms with van der Waals surface area (Å²) in [6, 6.07) is 3.34. The Bertz CT molecular complexity index is 382. The molecule has 1 aromatic heterocycles. The predicted octanol–water partition coefficient (Wildman–Crippen LogP) is 1.39. The van der Waals surface area contributed by atoms with Crippen molar-refractivity contribution in [3.8, 4) is 0 Å². The maximum Gasteiger partial charge on any atom is 0.141 e. The normalized spacial score (nSPS) is 31.0. The summed E-state index contributed by atoms with van der Waals surface area (Å²) in [7, 11) is -0.810. The van der Waals surface area contributed by atoms with Crippen molar-refractivity contribution in [3.05, 3.63) is 29.8 Å². The van der Waals surface area contributed by atoms with Crippen LogP contribution in [0.15, 0.2) is 18.3 Å². The summed E-state index contributed by atoms with van der Waals surface area (Å²) < 4.78 is 24.4. The second kappa shape index (κ2) is 5.01. The van der Waals surface area contributed by atoms with Gasteiger partial charge in [0, 0.05) is 28.3 Å². The van der Waals surface area contributed by atoms with Gasteiger partial charge in [0.2, 0.25) is 0 Å². The first kappa shape index (κ1) is 11.7. The number of hydrogen-bond acceptors (Lipinski definition) is 3. The molecule has 1 saturated heterocycles. The Hall–Kier alpha value is -0.810. The van der Waals surface area contributed by atoms with Gasteiger partial charge in [-0.05, 0) is 25.5 Å². The van der Waals surface area contributed by atoms with Crippen LogP contribution in [-0.4, -0.2) is 26.7 Å². The van der Waals surface area contributed by atoms with E-state index in [1.807, 2.05) is 0 Å². The zero-order chi connectivity index (χ0) is 11.5. The van der Waals surface area contributed by atoms with Crippen molar-refractivity contribution in [2.45, 2.75) is 25.4 Å². The van der Waals surface area contributed by atoms with Crippen molar-refractivity contribution in [1.29, 1.82) is 0 Å². The van der Waals surface area contributed by atoms with Crippen LogP contribution in [0.3, 0.4) is 0 Å². The molecule has 3 nitrogen and oxygen atoms in total. The molecule has 1 fully saturated rings. The van der Waals surface area contributed by atoms with Gasteiger partial charge in [0.15, 0.2) is 0 Å². The van der Waals surface area contributed by atoms with Gasteiger partial charge in [0.05, 0.1) is 17.9 Å². The summed E-state index contributed by atoms with van der Waals surface area (Å²) in [5.74, 6) is 0.945. The molecule has 16 heavy (non-hydrogen) atoms. The fourth-order valence-electron chi connectivity index (χ4n) is 1.82. The summed E-state index contributed by atoms with van der Waals surface area (Å²) in [6.45, 7) is 2.07. The molecule has 3 atom stereocenters. The van der Waals surface area contributed by atoms with E-state index in [0.29, 0.717) is 11.8 Å². The molecule has 1 aliphatic heterocycles. The molecule has 0 bridgehead atoms. The average Bonchev–Trinajstić information content (AvgIpc) is 2.42. The Balaban J connectivity index is 2.18. The topological polar surface area (TPSA) is 42.0 Å². The Labute approximate surface area is 96.9 Å². The lowest BCUT2D eigenvalue weighted by atomic mass is 10.1. The first-order valence-electron chi connectivity index (χ1n) is 5.37. The summed E-state index contributed by atoms with van der Waals surface area (Å²) >= 11 is 0. The highest BCUT2D eigenvalue weighted by atomic mass is 32.2. The molecular weight excluding hydrogens is 227 g/mol. The molecule has 0 amide bonds. The van der Waals surface area contributed by atoms with Gasteiger partial charge in [-0.1, -0.05) is 0 Å². The van der Waals surface area contributed by atoms with Gasteiger partial charge in [-0.2, -0.15) is 0 Å². The van der Waals surface area contributed by atoms with Gasteiger partial charge < -0.3 is 5.32 Å².